The van der Waals surface area contributed by atoms with Crippen LogP contribution in [0.25, 0.3) is 10.9 Å². The molecule has 10 heteroatoms. The van der Waals surface area contributed by atoms with E-state index < -0.39 is 21.9 Å². The summed E-state index contributed by atoms with van der Waals surface area (Å²) in [5.74, 6) is -0.565. The number of ether oxygens (including phenoxy) is 1. The molecule has 0 amide bonds. The number of fused-ring (bicyclic) bond motifs is 1. The number of aromatic nitrogens is 1. The number of aliphatic carboxylic acids is 1. The number of nitrogens with zero attached hydrogens (tertiary/aromatic N) is 1. The van der Waals surface area contributed by atoms with Gasteiger partial charge < -0.3 is 24.8 Å². The summed E-state index contributed by atoms with van der Waals surface area (Å²) in [4.78, 5) is 16.7. The molecule has 1 atom stereocenters. The zero-order valence-corrected chi connectivity index (χ0v) is 21.1. The third-order valence-electron chi connectivity index (χ3n) is 5.92. The number of carboxylic acid groups (broad SMARTS) is 1. The predicted molar refractivity (Wildman–Crippen MR) is 138 cm³/mol. The number of carboxylic acids is 1. The maximum Gasteiger partial charge on any atom is 0.306 e. The molecular formula is C25H33N3O6S. The Hall–Kier alpha value is -3.24. The Kier molecular flexibility index (Phi) is 8.63. The molecule has 0 saturated heterocycles. The van der Waals surface area contributed by atoms with E-state index in [1.54, 1.807) is 24.3 Å². The normalized spacial score (nSPS) is 12.5. The van der Waals surface area contributed by atoms with Crippen LogP contribution in [0.3, 0.4) is 0 Å². The van der Waals surface area contributed by atoms with Gasteiger partial charge in [0, 0.05) is 29.2 Å². The maximum absolute atomic E-state index is 11.7. The number of hydrogen-bond donors (Lipinski definition) is 4. The fourth-order valence-corrected chi connectivity index (χ4v) is 4.73. The Morgan fingerprint density at radius 3 is 2.60 bits per heavy atom. The highest BCUT2D eigenvalue weighted by atomic mass is 32.2. The zero-order chi connectivity index (χ0) is 25.6. The molecule has 0 saturated carbocycles. The van der Waals surface area contributed by atoms with Crippen molar-refractivity contribution in [2.45, 2.75) is 26.7 Å². The lowest BCUT2D eigenvalue weighted by molar-refractivity contribution is -0.141. The molecule has 2 aromatic carbocycles. The Labute approximate surface area is 205 Å². The standard InChI is InChI=1S/C25H33N3O6S/c1-4-18(25(30)31)15-21-17(2)26-23-16-19(9-10-20(21)23)34-14-12-28(11-13-29)24-8-6-5-7-22(24)27-35(3,32)33/h5-10,16,18,26-27,29H,4,11-15H2,1-3H3,(H,30,31). The number of hydrogen-bond acceptors (Lipinski definition) is 6. The number of sulfonamides is 1. The summed E-state index contributed by atoms with van der Waals surface area (Å²) in [7, 11) is -3.45. The minimum absolute atomic E-state index is 0.0984. The van der Waals surface area contributed by atoms with Crippen molar-refractivity contribution in [1.29, 1.82) is 0 Å². The van der Waals surface area contributed by atoms with Gasteiger partial charge in [-0.3, -0.25) is 9.52 Å². The number of benzene rings is 2. The summed E-state index contributed by atoms with van der Waals surface area (Å²) in [5.41, 5.74) is 3.92. The average molecular weight is 504 g/mol. The lowest BCUT2D eigenvalue weighted by atomic mass is 9.95. The molecule has 0 radical (unpaired) electrons. The highest BCUT2D eigenvalue weighted by Crippen LogP contribution is 2.29. The zero-order valence-electron chi connectivity index (χ0n) is 20.2. The lowest BCUT2D eigenvalue weighted by Gasteiger charge is -2.26. The number of aromatic amines is 1. The van der Waals surface area contributed by atoms with Crippen molar-refractivity contribution in [1.82, 2.24) is 4.98 Å². The molecule has 190 valence electrons. The fourth-order valence-electron chi connectivity index (χ4n) is 4.16. The van der Waals surface area contributed by atoms with Gasteiger partial charge in [0.15, 0.2) is 0 Å². The molecule has 0 aliphatic heterocycles. The molecule has 0 aliphatic carbocycles. The highest BCUT2D eigenvalue weighted by Gasteiger charge is 2.20. The van der Waals surface area contributed by atoms with Gasteiger partial charge in [0.1, 0.15) is 12.4 Å². The number of anilines is 2. The van der Waals surface area contributed by atoms with Crippen LogP contribution >= 0.6 is 0 Å². The van der Waals surface area contributed by atoms with E-state index in [0.29, 0.717) is 49.7 Å². The average Bonchev–Trinajstić information content (AvgIpc) is 3.10. The van der Waals surface area contributed by atoms with E-state index in [9.17, 15) is 23.4 Å². The summed E-state index contributed by atoms with van der Waals surface area (Å²) >= 11 is 0. The summed E-state index contributed by atoms with van der Waals surface area (Å²) < 4.78 is 32.0. The number of nitrogens with one attached hydrogen (secondary N) is 2. The van der Waals surface area contributed by atoms with Gasteiger partial charge in [-0.2, -0.15) is 0 Å². The number of aliphatic hydroxyl groups excluding tert-OH is 1. The summed E-state index contributed by atoms with van der Waals surface area (Å²) in [6.07, 6.45) is 2.13. The minimum Gasteiger partial charge on any atom is -0.492 e. The second-order valence-corrected chi connectivity index (χ2v) is 10.3. The van der Waals surface area contributed by atoms with Gasteiger partial charge in [-0.05, 0) is 49.6 Å². The molecule has 0 fully saturated rings. The molecule has 1 heterocycles. The molecule has 0 spiro atoms. The molecule has 3 rings (SSSR count). The van der Waals surface area contributed by atoms with Crippen molar-refractivity contribution in [2.75, 3.05) is 42.2 Å². The van der Waals surface area contributed by atoms with Gasteiger partial charge in [-0.15, -0.1) is 0 Å². The van der Waals surface area contributed by atoms with Crippen LogP contribution < -0.4 is 14.4 Å². The molecule has 35 heavy (non-hydrogen) atoms. The molecule has 1 unspecified atom stereocenters. The van der Waals surface area contributed by atoms with Crippen molar-refractivity contribution in [3.8, 4) is 5.75 Å². The van der Waals surface area contributed by atoms with Gasteiger partial charge in [0.2, 0.25) is 10.0 Å². The third kappa shape index (κ3) is 6.89. The molecular weight excluding hydrogens is 470 g/mol. The number of rotatable bonds is 13. The first-order valence-corrected chi connectivity index (χ1v) is 13.4. The van der Waals surface area contributed by atoms with Crippen LogP contribution in [0.1, 0.15) is 24.6 Å². The molecule has 0 bridgehead atoms. The predicted octanol–water partition coefficient (Wildman–Crippen LogP) is 3.38. The Balaban J connectivity index is 1.73. The summed E-state index contributed by atoms with van der Waals surface area (Å²) in [5, 5.41) is 20.0. The minimum atomic E-state index is -3.45. The second kappa shape index (κ2) is 11.5. The Morgan fingerprint density at radius 1 is 1.20 bits per heavy atom. The van der Waals surface area contributed by atoms with Gasteiger partial charge in [0.05, 0.1) is 36.7 Å². The van der Waals surface area contributed by atoms with Crippen molar-refractivity contribution >= 4 is 38.3 Å². The second-order valence-electron chi connectivity index (χ2n) is 8.53. The largest absolute Gasteiger partial charge is 0.492 e. The number of aryl methyl sites for hydroxylation is 1. The van der Waals surface area contributed by atoms with Gasteiger partial charge >= 0.3 is 5.97 Å². The fraction of sp³-hybridized carbons (Fsp3) is 0.400. The Morgan fingerprint density at radius 2 is 1.94 bits per heavy atom. The smallest absolute Gasteiger partial charge is 0.306 e. The first kappa shape index (κ1) is 26.4. The van der Waals surface area contributed by atoms with Gasteiger partial charge in [-0.1, -0.05) is 19.1 Å². The highest BCUT2D eigenvalue weighted by molar-refractivity contribution is 7.92. The topological polar surface area (TPSA) is 132 Å². The Bertz CT molecular complexity index is 1270. The van der Waals surface area contributed by atoms with E-state index in [4.69, 9.17) is 4.74 Å². The van der Waals surface area contributed by atoms with Crippen LogP contribution in [-0.2, 0) is 21.2 Å². The van der Waals surface area contributed by atoms with E-state index in [1.807, 2.05) is 36.9 Å². The van der Waals surface area contributed by atoms with Crippen LogP contribution in [0.4, 0.5) is 11.4 Å². The van der Waals surface area contributed by atoms with E-state index in [2.05, 4.69) is 9.71 Å². The molecule has 3 aromatic rings. The third-order valence-corrected chi connectivity index (χ3v) is 6.51. The van der Waals surface area contributed by atoms with Gasteiger partial charge in [0.25, 0.3) is 0 Å². The van der Waals surface area contributed by atoms with E-state index in [0.717, 1.165) is 28.4 Å². The van der Waals surface area contributed by atoms with Crippen LogP contribution in [0, 0.1) is 12.8 Å². The van der Waals surface area contributed by atoms with Crippen molar-refractivity contribution in [2.24, 2.45) is 5.92 Å². The first-order chi connectivity index (χ1) is 16.6. The van der Waals surface area contributed by atoms with Crippen molar-refractivity contribution in [3.63, 3.8) is 0 Å². The van der Waals surface area contributed by atoms with Crippen LogP contribution in [0.5, 0.6) is 5.75 Å². The summed E-state index contributed by atoms with van der Waals surface area (Å²) in [6, 6.07) is 12.7. The monoisotopic (exact) mass is 503 g/mol. The molecule has 0 aliphatic rings. The van der Waals surface area contributed by atoms with Crippen molar-refractivity contribution < 1.29 is 28.2 Å². The van der Waals surface area contributed by atoms with Crippen LogP contribution in [-0.4, -0.2) is 62.1 Å². The van der Waals surface area contributed by atoms with Gasteiger partial charge in [-0.25, -0.2) is 8.42 Å². The number of H-pyrrole nitrogens is 1. The molecule has 4 N–H and O–H groups in total. The van der Waals surface area contributed by atoms with E-state index in [-0.39, 0.29) is 6.61 Å². The van der Waals surface area contributed by atoms with E-state index in [1.165, 1.54) is 0 Å². The first-order valence-electron chi connectivity index (χ1n) is 11.5. The molecule has 9 nitrogen and oxygen atoms in total. The number of carbonyl (C=O) groups is 1. The van der Waals surface area contributed by atoms with Crippen molar-refractivity contribution in [3.05, 3.63) is 53.7 Å². The number of aliphatic hydroxyl groups is 1. The maximum atomic E-state index is 11.7. The molecule has 1 aromatic heterocycles. The number of para-hydroxylation sites is 2. The lowest BCUT2D eigenvalue weighted by Crippen LogP contribution is -2.32. The summed E-state index contributed by atoms with van der Waals surface area (Å²) in [6.45, 7) is 4.77. The van der Waals surface area contributed by atoms with Crippen LogP contribution in [0.15, 0.2) is 42.5 Å². The quantitative estimate of drug-likeness (QED) is 0.281. The van der Waals surface area contributed by atoms with E-state index >= 15 is 0 Å². The SMILES string of the molecule is CCC(Cc1c(C)[nH]c2cc(OCCN(CCO)c3ccccc3NS(C)(=O)=O)ccc12)C(=O)O. The van der Waals surface area contributed by atoms with Crippen LogP contribution in [0.2, 0.25) is 0 Å².